The molecule has 1 aromatic heterocycles. The van der Waals surface area contributed by atoms with Crippen molar-refractivity contribution in [2.75, 3.05) is 32.9 Å². The first-order chi connectivity index (χ1) is 12.0. The summed E-state index contributed by atoms with van der Waals surface area (Å²) < 4.78 is 24.6. The van der Waals surface area contributed by atoms with E-state index in [1.807, 2.05) is 19.0 Å². The van der Waals surface area contributed by atoms with E-state index in [-0.39, 0.29) is 35.7 Å². The van der Waals surface area contributed by atoms with Gasteiger partial charge in [0.1, 0.15) is 5.75 Å². The number of amides is 1. The fourth-order valence-electron chi connectivity index (χ4n) is 3.44. The fourth-order valence-corrected chi connectivity index (χ4v) is 5.92. The van der Waals surface area contributed by atoms with Crippen LogP contribution in [0.15, 0.2) is 18.3 Å². The summed E-state index contributed by atoms with van der Waals surface area (Å²) in [4.78, 5) is 28.8. The topological polar surface area (TPSA) is 128 Å². The molecule has 0 spiro atoms. The highest BCUT2D eigenvalue weighted by atomic mass is 32.2. The number of hydrogen-bond acceptors (Lipinski definition) is 7. The van der Waals surface area contributed by atoms with Gasteiger partial charge in [0.2, 0.25) is 0 Å². The maximum atomic E-state index is 12.5. The van der Waals surface area contributed by atoms with Crippen molar-refractivity contribution in [2.24, 2.45) is 5.92 Å². The number of sulfone groups is 1. The van der Waals surface area contributed by atoms with E-state index in [0.29, 0.717) is 6.54 Å². The van der Waals surface area contributed by atoms with Crippen LogP contribution in [0.25, 0.3) is 0 Å². The Hall–Kier alpha value is -2.20. The van der Waals surface area contributed by atoms with Crippen LogP contribution in [-0.4, -0.2) is 89.5 Å². The van der Waals surface area contributed by atoms with Gasteiger partial charge in [0.25, 0.3) is 11.9 Å². The van der Waals surface area contributed by atoms with E-state index in [4.69, 9.17) is 9.90 Å². The third kappa shape index (κ3) is 4.13. The number of nitrogens with zero attached hydrogens (tertiary/aromatic N) is 3. The molecule has 9 nitrogen and oxygen atoms in total. The summed E-state index contributed by atoms with van der Waals surface area (Å²) in [6.45, 7) is 1.63. The van der Waals surface area contributed by atoms with Crippen molar-refractivity contribution in [1.29, 1.82) is 0 Å². The Morgan fingerprint density at radius 3 is 2.46 bits per heavy atom. The summed E-state index contributed by atoms with van der Waals surface area (Å²) in [7, 11) is 0.522. The molecular formula is C16H23N3O6S. The molecule has 10 heteroatoms. The molecule has 1 aromatic rings. The average molecular weight is 385 g/mol. The third-order valence-corrected chi connectivity index (χ3v) is 6.83. The molecule has 1 amide bonds. The van der Waals surface area contributed by atoms with Crippen LogP contribution < -0.4 is 0 Å². The Labute approximate surface area is 152 Å². The molecule has 3 atom stereocenters. The maximum absolute atomic E-state index is 12.5. The highest BCUT2D eigenvalue weighted by Gasteiger charge is 2.53. The van der Waals surface area contributed by atoms with Gasteiger partial charge in [-0.1, -0.05) is 0 Å². The first kappa shape index (κ1) is 20.1. The molecule has 144 valence electrons. The second kappa shape index (κ2) is 7.58. The van der Waals surface area contributed by atoms with Gasteiger partial charge in [-0.15, -0.1) is 0 Å². The highest BCUT2D eigenvalue weighted by molar-refractivity contribution is 7.92. The van der Waals surface area contributed by atoms with Crippen LogP contribution in [0.1, 0.15) is 17.4 Å². The zero-order valence-corrected chi connectivity index (χ0v) is 15.7. The summed E-state index contributed by atoms with van der Waals surface area (Å²) in [5.74, 6) is -1.38. The molecular weight excluding hydrogens is 362 g/mol. The minimum Gasteiger partial charge on any atom is -0.505 e. The average Bonchev–Trinajstić information content (AvgIpc) is 3.06. The SMILES string of the molecule is CC(=O)O.CN(C)[C@@H]1CS(=O)(=O)[C@H]2CN(C(=O)c3ncccc3O)C[C@@H]12. The van der Waals surface area contributed by atoms with Crippen molar-refractivity contribution in [3.63, 3.8) is 0 Å². The molecule has 0 aliphatic carbocycles. The number of aromatic hydroxyl groups is 1. The third-order valence-electron chi connectivity index (χ3n) is 4.61. The summed E-state index contributed by atoms with van der Waals surface area (Å²) in [6.07, 6.45) is 1.43. The molecule has 3 heterocycles. The molecule has 2 saturated heterocycles. The number of carbonyl (C=O) groups excluding carboxylic acids is 1. The predicted octanol–water partition coefficient (Wildman–Crippen LogP) is -0.323. The minimum absolute atomic E-state index is 0.0266. The van der Waals surface area contributed by atoms with Gasteiger partial charge >= 0.3 is 0 Å². The Kier molecular flexibility index (Phi) is 5.87. The number of fused-ring (bicyclic) bond motifs is 1. The molecule has 0 aromatic carbocycles. The molecule has 0 unspecified atom stereocenters. The number of carboxylic acid groups (broad SMARTS) is 1. The monoisotopic (exact) mass is 385 g/mol. The normalized spacial score (nSPS) is 26.2. The first-order valence-corrected chi connectivity index (χ1v) is 9.77. The van der Waals surface area contributed by atoms with Gasteiger partial charge in [0, 0.05) is 38.2 Å². The number of pyridine rings is 1. The van der Waals surface area contributed by atoms with Crippen LogP contribution in [0.2, 0.25) is 0 Å². The zero-order chi connectivity index (χ0) is 19.6. The molecule has 3 rings (SSSR count). The quantitative estimate of drug-likeness (QED) is 0.709. The number of aliphatic carboxylic acids is 1. The van der Waals surface area contributed by atoms with E-state index in [1.165, 1.54) is 23.2 Å². The number of carboxylic acids is 1. The summed E-state index contributed by atoms with van der Waals surface area (Å²) in [5.41, 5.74) is -0.0266. The molecule has 2 aliphatic rings. The summed E-state index contributed by atoms with van der Waals surface area (Å²) >= 11 is 0. The maximum Gasteiger partial charge on any atom is 0.300 e. The molecule has 2 aliphatic heterocycles. The second-order valence-electron chi connectivity index (χ2n) is 6.66. The van der Waals surface area contributed by atoms with E-state index >= 15 is 0 Å². The minimum atomic E-state index is -3.20. The second-order valence-corrected chi connectivity index (χ2v) is 8.93. The Morgan fingerprint density at radius 1 is 1.31 bits per heavy atom. The van der Waals surface area contributed by atoms with Crippen LogP contribution in [0.4, 0.5) is 0 Å². The number of likely N-dealkylation sites (tertiary alicyclic amines) is 1. The van der Waals surface area contributed by atoms with E-state index in [2.05, 4.69) is 4.98 Å². The molecule has 0 bridgehead atoms. The van der Waals surface area contributed by atoms with E-state index in [9.17, 15) is 18.3 Å². The first-order valence-electron chi connectivity index (χ1n) is 8.05. The van der Waals surface area contributed by atoms with Crippen molar-refractivity contribution < 1.29 is 28.2 Å². The molecule has 0 radical (unpaired) electrons. The van der Waals surface area contributed by atoms with Crippen LogP contribution in [0.5, 0.6) is 5.75 Å². The van der Waals surface area contributed by atoms with Gasteiger partial charge in [-0.2, -0.15) is 0 Å². The highest BCUT2D eigenvalue weighted by Crippen LogP contribution is 2.36. The molecule has 2 N–H and O–H groups in total. The zero-order valence-electron chi connectivity index (χ0n) is 14.9. The molecule has 0 saturated carbocycles. The van der Waals surface area contributed by atoms with Gasteiger partial charge in [-0.3, -0.25) is 9.59 Å². The summed E-state index contributed by atoms with van der Waals surface area (Å²) in [5, 5.41) is 16.6. The Bertz CT molecular complexity index is 791. The molecule has 2 fully saturated rings. The van der Waals surface area contributed by atoms with Crippen molar-refractivity contribution >= 4 is 21.7 Å². The predicted molar refractivity (Wildman–Crippen MR) is 93.7 cm³/mol. The van der Waals surface area contributed by atoms with Gasteiger partial charge in [-0.25, -0.2) is 13.4 Å². The van der Waals surface area contributed by atoms with Crippen LogP contribution in [0.3, 0.4) is 0 Å². The van der Waals surface area contributed by atoms with E-state index < -0.39 is 27.0 Å². The lowest BCUT2D eigenvalue weighted by atomic mass is 10.00. The standard InChI is InChI=1S/C14H19N3O4S.C2H4O2/c1-16(2)10-8-22(20,21)12-7-17(6-9(10)12)14(19)13-11(18)4-3-5-15-13;1-2(3)4/h3-5,9-10,12,18H,6-8H2,1-2H3;1H3,(H,3,4)/t9-,10+,12-;/m0./s1. The summed E-state index contributed by atoms with van der Waals surface area (Å²) in [6, 6.07) is 2.86. The number of hydrogen-bond donors (Lipinski definition) is 2. The molecule has 26 heavy (non-hydrogen) atoms. The van der Waals surface area contributed by atoms with Crippen LogP contribution in [0, 0.1) is 5.92 Å². The van der Waals surface area contributed by atoms with Crippen molar-refractivity contribution in [2.45, 2.75) is 18.2 Å². The largest absolute Gasteiger partial charge is 0.505 e. The van der Waals surface area contributed by atoms with Crippen LogP contribution >= 0.6 is 0 Å². The van der Waals surface area contributed by atoms with Crippen molar-refractivity contribution in [3.05, 3.63) is 24.0 Å². The van der Waals surface area contributed by atoms with Gasteiger partial charge in [0.05, 0.1) is 11.0 Å². The number of rotatable bonds is 2. The lowest BCUT2D eigenvalue weighted by Gasteiger charge is -2.25. The van der Waals surface area contributed by atoms with Crippen LogP contribution in [-0.2, 0) is 14.6 Å². The Morgan fingerprint density at radius 2 is 1.92 bits per heavy atom. The number of carbonyl (C=O) groups is 2. The van der Waals surface area contributed by atoms with E-state index in [1.54, 1.807) is 0 Å². The van der Waals surface area contributed by atoms with Crippen molar-refractivity contribution in [1.82, 2.24) is 14.8 Å². The van der Waals surface area contributed by atoms with Gasteiger partial charge < -0.3 is 20.0 Å². The number of aromatic nitrogens is 1. The van der Waals surface area contributed by atoms with Gasteiger partial charge in [0.15, 0.2) is 15.5 Å². The fraction of sp³-hybridized carbons (Fsp3) is 0.562. The van der Waals surface area contributed by atoms with E-state index in [0.717, 1.165) is 6.92 Å². The lowest BCUT2D eigenvalue weighted by Crippen LogP contribution is -2.38. The van der Waals surface area contributed by atoms with Crippen molar-refractivity contribution in [3.8, 4) is 5.75 Å². The lowest BCUT2D eigenvalue weighted by molar-refractivity contribution is -0.134. The van der Waals surface area contributed by atoms with Gasteiger partial charge in [-0.05, 0) is 26.2 Å². The Balaban J connectivity index is 0.000000552. The smallest absolute Gasteiger partial charge is 0.300 e.